The van der Waals surface area contributed by atoms with Gasteiger partial charge in [0, 0.05) is 18.8 Å². The number of piperidine rings is 1. The first-order valence-corrected chi connectivity index (χ1v) is 7.06. The second-order valence-electron chi connectivity index (χ2n) is 4.94. The third-order valence-corrected chi connectivity index (χ3v) is 3.46. The van der Waals surface area contributed by atoms with E-state index in [4.69, 9.17) is 0 Å². The van der Waals surface area contributed by atoms with Gasteiger partial charge < -0.3 is 10.2 Å². The molecular formula is C16H24N2. The summed E-state index contributed by atoms with van der Waals surface area (Å²) >= 11 is 0. The highest BCUT2D eigenvalue weighted by molar-refractivity contribution is 5.58. The van der Waals surface area contributed by atoms with Crippen LogP contribution in [0, 0.1) is 0 Å². The molecule has 2 rings (SSSR count). The highest BCUT2D eigenvalue weighted by Gasteiger charge is 2.10. The van der Waals surface area contributed by atoms with E-state index in [1.54, 1.807) is 0 Å². The molecule has 18 heavy (non-hydrogen) atoms. The molecule has 1 aliphatic rings. The maximum Gasteiger partial charge on any atom is 0.0372 e. The summed E-state index contributed by atoms with van der Waals surface area (Å²) in [6.07, 6.45) is 9.62. The summed E-state index contributed by atoms with van der Waals surface area (Å²) in [5.41, 5.74) is 2.69. The summed E-state index contributed by atoms with van der Waals surface area (Å²) in [5, 5.41) is 3.16. The predicted molar refractivity (Wildman–Crippen MR) is 80.1 cm³/mol. The Kier molecular flexibility index (Phi) is 5.28. The predicted octanol–water partition coefficient (Wildman–Crippen LogP) is 3.30. The van der Waals surface area contributed by atoms with Gasteiger partial charge in [-0.25, -0.2) is 0 Å². The van der Waals surface area contributed by atoms with Crippen molar-refractivity contribution in [3.05, 3.63) is 35.9 Å². The van der Waals surface area contributed by atoms with Gasteiger partial charge in [-0.15, -0.1) is 0 Å². The van der Waals surface area contributed by atoms with Crippen LogP contribution in [-0.4, -0.2) is 26.7 Å². The molecule has 0 spiro atoms. The Bertz CT molecular complexity index is 378. The van der Waals surface area contributed by atoms with E-state index in [9.17, 15) is 0 Å². The molecular weight excluding hydrogens is 220 g/mol. The number of nitrogens with one attached hydrogen (secondary N) is 1. The first-order valence-electron chi connectivity index (χ1n) is 7.06. The molecule has 1 fully saturated rings. The number of rotatable bonds is 5. The van der Waals surface area contributed by atoms with Crippen molar-refractivity contribution >= 4 is 11.8 Å². The van der Waals surface area contributed by atoms with Gasteiger partial charge in [-0.05, 0) is 57.0 Å². The molecule has 0 unspecified atom stereocenters. The molecule has 0 aromatic heterocycles. The van der Waals surface area contributed by atoms with Gasteiger partial charge in [0.05, 0.1) is 0 Å². The third kappa shape index (κ3) is 3.88. The van der Waals surface area contributed by atoms with Crippen molar-refractivity contribution in [3.8, 4) is 0 Å². The molecule has 1 N–H and O–H groups in total. The van der Waals surface area contributed by atoms with Crippen molar-refractivity contribution in [2.24, 2.45) is 0 Å². The second-order valence-corrected chi connectivity index (χ2v) is 4.94. The third-order valence-electron chi connectivity index (χ3n) is 3.46. The van der Waals surface area contributed by atoms with Gasteiger partial charge in [-0.1, -0.05) is 24.3 Å². The summed E-state index contributed by atoms with van der Waals surface area (Å²) in [6, 6.07) is 8.89. The lowest BCUT2D eigenvalue weighted by atomic mass is 10.1. The molecule has 0 aliphatic carbocycles. The summed E-state index contributed by atoms with van der Waals surface area (Å²) < 4.78 is 0. The van der Waals surface area contributed by atoms with Crippen molar-refractivity contribution in [3.63, 3.8) is 0 Å². The number of hydrogen-bond donors (Lipinski definition) is 1. The molecule has 1 aromatic carbocycles. The van der Waals surface area contributed by atoms with Gasteiger partial charge >= 0.3 is 0 Å². The van der Waals surface area contributed by atoms with Gasteiger partial charge in [0.1, 0.15) is 0 Å². The average Bonchev–Trinajstić information content (AvgIpc) is 2.45. The summed E-state index contributed by atoms with van der Waals surface area (Å²) in [5.74, 6) is 0. The van der Waals surface area contributed by atoms with Crippen molar-refractivity contribution in [1.82, 2.24) is 5.32 Å². The lowest BCUT2D eigenvalue weighted by Crippen LogP contribution is -2.29. The Morgan fingerprint density at radius 1 is 1.22 bits per heavy atom. The van der Waals surface area contributed by atoms with E-state index in [1.165, 1.54) is 43.6 Å². The smallest absolute Gasteiger partial charge is 0.0372 e. The molecule has 1 saturated heterocycles. The van der Waals surface area contributed by atoms with Gasteiger partial charge in [0.2, 0.25) is 0 Å². The van der Waals surface area contributed by atoms with Crippen LogP contribution < -0.4 is 10.2 Å². The minimum absolute atomic E-state index is 1.04. The fourth-order valence-electron chi connectivity index (χ4n) is 2.42. The highest BCUT2D eigenvalue weighted by Crippen LogP contribution is 2.21. The quantitative estimate of drug-likeness (QED) is 0.800. The van der Waals surface area contributed by atoms with Crippen LogP contribution in [0.4, 0.5) is 5.69 Å². The van der Waals surface area contributed by atoms with E-state index in [0.29, 0.717) is 0 Å². The lowest BCUT2D eigenvalue weighted by molar-refractivity contribution is 0.578. The van der Waals surface area contributed by atoms with E-state index in [2.05, 4.69) is 46.6 Å². The fraction of sp³-hybridized carbons (Fsp3) is 0.500. The Morgan fingerprint density at radius 2 is 2.06 bits per heavy atom. The van der Waals surface area contributed by atoms with Crippen LogP contribution in [0.2, 0.25) is 0 Å². The molecule has 98 valence electrons. The maximum atomic E-state index is 3.16. The van der Waals surface area contributed by atoms with E-state index in [0.717, 1.165) is 13.0 Å². The Hall–Kier alpha value is -1.28. The molecule has 2 heteroatoms. The number of nitrogens with zero attached hydrogens (tertiary/aromatic N) is 1. The zero-order valence-electron chi connectivity index (χ0n) is 11.4. The minimum atomic E-state index is 1.04. The molecule has 0 amide bonds. The minimum Gasteiger partial charge on any atom is -0.372 e. The van der Waals surface area contributed by atoms with Crippen molar-refractivity contribution in [2.75, 3.05) is 31.6 Å². The molecule has 0 bridgehead atoms. The number of anilines is 1. The largest absolute Gasteiger partial charge is 0.372 e. The van der Waals surface area contributed by atoms with Crippen LogP contribution in [0.1, 0.15) is 31.2 Å². The van der Waals surface area contributed by atoms with Gasteiger partial charge in [0.15, 0.2) is 0 Å². The van der Waals surface area contributed by atoms with Crippen molar-refractivity contribution in [2.45, 2.75) is 25.7 Å². The Morgan fingerprint density at radius 3 is 2.83 bits per heavy atom. The standard InChI is InChI=1S/C16H24N2/c1-17-11-4-3-8-15-9-7-10-16(14-15)18-12-5-2-6-13-18/h3,7-10,14,17H,2,4-6,11-13H2,1H3. The molecule has 1 aliphatic heterocycles. The van der Waals surface area contributed by atoms with E-state index in [-0.39, 0.29) is 0 Å². The second kappa shape index (κ2) is 7.22. The molecule has 2 nitrogen and oxygen atoms in total. The topological polar surface area (TPSA) is 15.3 Å². The normalized spacial score (nSPS) is 16.4. The number of hydrogen-bond acceptors (Lipinski definition) is 2. The zero-order valence-corrected chi connectivity index (χ0v) is 11.4. The van der Waals surface area contributed by atoms with Gasteiger partial charge in [-0.3, -0.25) is 0 Å². The average molecular weight is 244 g/mol. The van der Waals surface area contributed by atoms with Crippen LogP contribution in [0.5, 0.6) is 0 Å². The van der Waals surface area contributed by atoms with Crippen molar-refractivity contribution < 1.29 is 0 Å². The summed E-state index contributed by atoms with van der Waals surface area (Å²) in [4.78, 5) is 2.51. The monoisotopic (exact) mass is 244 g/mol. The zero-order chi connectivity index (χ0) is 12.6. The lowest BCUT2D eigenvalue weighted by Gasteiger charge is -2.29. The van der Waals surface area contributed by atoms with Crippen LogP contribution >= 0.6 is 0 Å². The van der Waals surface area contributed by atoms with Gasteiger partial charge in [-0.2, -0.15) is 0 Å². The number of benzene rings is 1. The van der Waals surface area contributed by atoms with E-state index >= 15 is 0 Å². The first kappa shape index (κ1) is 13.2. The van der Waals surface area contributed by atoms with Gasteiger partial charge in [0.25, 0.3) is 0 Å². The summed E-state index contributed by atoms with van der Waals surface area (Å²) in [7, 11) is 1.99. The van der Waals surface area contributed by atoms with E-state index < -0.39 is 0 Å². The molecule has 1 aromatic rings. The van der Waals surface area contributed by atoms with Crippen LogP contribution in [-0.2, 0) is 0 Å². The SMILES string of the molecule is CNCCC=Cc1cccc(N2CCCCC2)c1. The molecule has 1 heterocycles. The molecule has 0 radical (unpaired) electrons. The Balaban J connectivity index is 1.98. The fourth-order valence-corrected chi connectivity index (χ4v) is 2.42. The van der Waals surface area contributed by atoms with Crippen molar-refractivity contribution in [1.29, 1.82) is 0 Å². The van der Waals surface area contributed by atoms with Crippen LogP contribution in [0.15, 0.2) is 30.3 Å². The van der Waals surface area contributed by atoms with E-state index in [1.807, 2.05) is 7.05 Å². The highest BCUT2D eigenvalue weighted by atomic mass is 15.1. The Labute approximate surface area is 111 Å². The first-order chi connectivity index (χ1) is 8.90. The summed E-state index contributed by atoms with van der Waals surface area (Å²) in [6.45, 7) is 3.47. The maximum absolute atomic E-state index is 3.16. The van der Waals surface area contributed by atoms with Crippen LogP contribution in [0.3, 0.4) is 0 Å². The molecule has 0 atom stereocenters. The molecule has 0 saturated carbocycles. The van der Waals surface area contributed by atoms with Crippen LogP contribution in [0.25, 0.3) is 6.08 Å².